The molecule has 0 aliphatic heterocycles. The summed E-state index contributed by atoms with van der Waals surface area (Å²) in [6, 6.07) is 3.91. The summed E-state index contributed by atoms with van der Waals surface area (Å²) in [6.45, 7) is 1.85. The summed E-state index contributed by atoms with van der Waals surface area (Å²) >= 11 is 0. The highest BCUT2D eigenvalue weighted by Crippen LogP contribution is 2.28. The van der Waals surface area contributed by atoms with Crippen molar-refractivity contribution in [3.8, 4) is 6.07 Å². The van der Waals surface area contributed by atoms with E-state index in [1.807, 2.05) is 13.0 Å². The molecule has 1 aromatic heterocycles. The molecule has 0 aromatic carbocycles. The van der Waals surface area contributed by atoms with Crippen LogP contribution >= 0.6 is 0 Å². The molecule has 1 aliphatic carbocycles. The van der Waals surface area contributed by atoms with E-state index in [0.717, 1.165) is 18.0 Å². The normalized spacial score (nSPS) is 16.2. The molecule has 0 saturated heterocycles. The van der Waals surface area contributed by atoms with E-state index in [4.69, 9.17) is 5.26 Å². The van der Waals surface area contributed by atoms with E-state index in [1.165, 1.54) is 32.1 Å². The van der Waals surface area contributed by atoms with Gasteiger partial charge in [-0.25, -0.2) is 9.97 Å². The van der Waals surface area contributed by atoms with Crippen molar-refractivity contribution in [2.45, 2.75) is 45.4 Å². The molecule has 0 amide bonds. The molecular formula is C13H17N3. The van der Waals surface area contributed by atoms with Crippen LogP contribution in [0, 0.1) is 24.2 Å². The van der Waals surface area contributed by atoms with Gasteiger partial charge in [-0.3, -0.25) is 0 Å². The lowest BCUT2D eigenvalue weighted by Gasteiger charge is -2.08. The Morgan fingerprint density at radius 2 is 2.12 bits per heavy atom. The third-order valence-corrected chi connectivity index (χ3v) is 3.29. The van der Waals surface area contributed by atoms with Crippen LogP contribution in [-0.2, 0) is 6.42 Å². The van der Waals surface area contributed by atoms with E-state index in [1.54, 1.807) is 0 Å². The Balaban J connectivity index is 1.98. The van der Waals surface area contributed by atoms with Gasteiger partial charge in [0.1, 0.15) is 17.6 Å². The molecule has 2 rings (SSSR count). The standard InChI is InChI=1S/C13H17N3/c1-10-15-12(8-13(9-14)16-10)7-6-11-4-2-3-5-11/h8,11H,2-7H2,1H3. The first-order chi connectivity index (χ1) is 7.78. The number of aromatic nitrogens is 2. The van der Waals surface area contributed by atoms with E-state index >= 15 is 0 Å². The molecule has 1 aliphatic rings. The Kier molecular flexibility index (Phi) is 3.51. The molecule has 84 valence electrons. The third kappa shape index (κ3) is 2.79. The fourth-order valence-corrected chi connectivity index (χ4v) is 2.47. The monoisotopic (exact) mass is 215 g/mol. The van der Waals surface area contributed by atoms with Crippen LogP contribution in [0.4, 0.5) is 0 Å². The maximum atomic E-state index is 8.83. The van der Waals surface area contributed by atoms with Crippen molar-refractivity contribution >= 4 is 0 Å². The zero-order valence-corrected chi connectivity index (χ0v) is 9.74. The molecule has 1 saturated carbocycles. The first kappa shape index (κ1) is 11.1. The van der Waals surface area contributed by atoms with E-state index < -0.39 is 0 Å². The average Bonchev–Trinajstić information content (AvgIpc) is 2.78. The number of rotatable bonds is 3. The summed E-state index contributed by atoms with van der Waals surface area (Å²) in [4.78, 5) is 8.44. The molecule has 0 bridgehead atoms. The summed E-state index contributed by atoms with van der Waals surface area (Å²) in [5.74, 6) is 1.58. The van der Waals surface area contributed by atoms with Gasteiger partial charge in [-0.2, -0.15) is 5.26 Å². The molecule has 0 atom stereocenters. The maximum absolute atomic E-state index is 8.83. The summed E-state index contributed by atoms with van der Waals surface area (Å²) in [5.41, 5.74) is 1.52. The minimum absolute atomic E-state index is 0.494. The van der Waals surface area contributed by atoms with Crippen LogP contribution in [0.5, 0.6) is 0 Å². The van der Waals surface area contributed by atoms with Crippen LogP contribution in [0.25, 0.3) is 0 Å². The molecule has 0 unspecified atom stereocenters. The van der Waals surface area contributed by atoms with Gasteiger partial charge in [-0.1, -0.05) is 25.7 Å². The fraction of sp³-hybridized carbons (Fsp3) is 0.615. The predicted molar refractivity (Wildman–Crippen MR) is 61.8 cm³/mol. The van der Waals surface area contributed by atoms with Gasteiger partial charge in [0.15, 0.2) is 0 Å². The van der Waals surface area contributed by atoms with E-state index in [9.17, 15) is 0 Å². The van der Waals surface area contributed by atoms with E-state index in [-0.39, 0.29) is 0 Å². The number of nitrogens with zero attached hydrogens (tertiary/aromatic N) is 3. The molecule has 3 heteroatoms. The summed E-state index contributed by atoms with van der Waals surface area (Å²) < 4.78 is 0. The summed E-state index contributed by atoms with van der Waals surface area (Å²) in [7, 11) is 0. The SMILES string of the molecule is Cc1nc(C#N)cc(CCC2CCCC2)n1. The van der Waals surface area contributed by atoms with Crippen LogP contribution in [0.15, 0.2) is 6.07 Å². The number of nitriles is 1. The second kappa shape index (κ2) is 5.07. The number of hydrogen-bond acceptors (Lipinski definition) is 3. The smallest absolute Gasteiger partial charge is 0.144 e. The van der Waals surface area contributed by atoms with E-state index in [2.05, 4.69) is 16.0 Å². The highest BCUT2D eigenvalue weighted by Gasteiger charge is 2.15. The Morgan fingerprint density at radius 1 is 1.38 bits per heavy atom. The number of hydrogen-bond donors (Lipinski definition) is 0. The zero-order chi connectivity index (χ0) is 11.4. The Bertz CT molecular complexity index is 400. The van der Waals surface area contributed by atoms with Gasteiger partial charge >= 0.3 is 0 Å². The Hall–Kier alpha value is -1.43. The van der Waals surface area contributed by atoms with Gasteiger partial charge in [-0.15, -0.1) is 0 Å². The van der Waals surface area contributed by atoms with Crippen LogP contribution in [0.2, 0.25) is 0 Å². The van der Waals surface area contributed by atoms with Crippen molar-refractivity contribution in [2.24, 2.45) is 5.92 Å². The molecule has 1 fully saturated rings. The van der Waals surface area contributed by atoms with Gasteiger partial charge in [0.25, 0.3) is 0 Å². The van der Waals surface area contributed by atoms with Crippen molar-refractivity contribution < 1.29 is 0 Å². The van der Waals surface area contributed by atoms with Crippen LogP contribution < -0.4 is 0 Å². The highest BCUT2D eigenvalue weighted by molar-refractivity contribution is 5.22. The van der Waals surface area contributed by atoms with Gasteiger partial charge in [0, 0.05) is 5.69 Å². The molecule has 3 nitrogen and oxygen atoms in total. The molecule has 0 spiro atoms. The molecule has 1 heterocycles. The van der Waals surface area contributed by atoms with Crippen LogP contribution in [-0.4, -0.2) is 9.97 Å². The second-order valence-corrected chi connectivity index (χ2v) is 4.59. The second-order valence-electron chi connectivity index (χ2n) is 4.59. The fourth-order valence-electron chi connectivity index (χ4n) is 2.47. The lowest BCUT2D eigenvalue weighted by Crippen LogP contribution is -2.01. The quantitative estimate of drug-likeness (QED) is 0.779. The van der Waals surface area contributed by atoms with Crippen molar-refractivity contribution in [3.05, 3.63) is 23.3 Å². The molecule has 0 radical (unpaired) electrons. The van der Waals surface area contributed by atoms with Gasteiger partial charge in [-0.05, 0) is 31.7 Å². The first-order valence-electron chi connectivity index (χ1n) is 6.02. The Morgan fingerprint density at radius 3 is 2.81 bits per heavy atom. The lowest BCUT2D eigenvalue weighted by atomic mass is 10.0. The lowest BCUT2D eigenvalue weighted by molar-refractivity contribution is 0.500. The van der Waals surface area contributed by atoms with Crippen molar-refractivity contribution in [3.63, 3.8) is 0 Å². The average molecular weight is 215 g/mol. The summed E-state index contributed by atoms with van der Waals surface area (Å²) in [5, 5.41) is 8.83. The summed E-state index contributed by atoms with van der Waals surface area (Å²) in [6.07, 6.45) is 7.71. The molecule has 1 aromatic rings. The van der Waals surface area contributed by atoms with Gasteiger partial charge in [0.2, 0.25) is 0 Å². The van der Waals surface area contributed by atoms with Crippen molar-refractivity contribution in [1.29, 1.82) is 5.26 Å². The minimum atomic E-state index is 0.494. The van der Waals surface area contributed by atoms with Gasteiger partial charge in [0.05, 0.1) is 0 Å². The third-order valence-electron chi connectivity index (χ3n) is 3.29. The topological polar surface area (TPSA) is 49.6 Å². The molecule has 0 N–H and O–H groups in total. The van der Waals surface area contributed by atoms with Crippen molar-refractivity contribution in [2.75, 3.05) is 0 Å². The first-order valence-corrected chi connectivity index (χ1v) is 6.02. The molecular weight excluding hydrogens is 198 g/mol. The van der Waals surface area contributed by atoms with Gasteiger partial charge < -0.3 is 0 Å². The largest absolute Gasteiger partial charge is 0.238 e. The number of aryl methyl sites for hydroxylation is 2. The van der Waals surface area contributed by atoms with Crippen molar-refractivity contribution in [1.82, 2.24) is 9.97 Å². The van der Waals surface area contributed by atoms with E-state index in [0.29, 0.717) is 11.5 Å². The zero-order valence-electron chi connectivity index (χ0n) is 9.74. The Labute approximate surface area is 96.5 Å². The van der Waals surface area contributed by atoms with Crippen LogP contribution in [0.3, 0.4) is 0 Å². The van der Waals surface area contributed by atoms with Crippen LogP contribution in [0.1, 0.15) is 49.3 Å². The molecule has 16 heavy (non-hydrogen) atoms. The highest BCUT2D eigenvalue weighted by atomic mass is 14.9. The minimum Gasteiger partial charge on any atom is -0.238 e. The predicted octanol–water partition coefficient (Wildman–Crippen LogP) is 2.78. The maximum Gasteiger partial charge on any atom is 0.144 e.